The third kappa shape index (κ3) is 3.11. The molecule has 0 aliphatic carbocycles. The van der Waals surface area contributed by atoms with Crippen molar-refractivity contribution in [2.45, 2.75) is 0 Å². The Labute approximate surface area is 137 Å². The Morgan fingerprint density at radius 1 is 1.09 bits per heavy atom. The van der Waals surface area contributed by atoms with E-state index in [0.29, 0.717) is 5.56 Å². The van der Waals surface area contributed by atoms with E-state index in [1.165, 1.54) is 0 Å². The number of carbonyl (C=O) groups is 2. The summed E-state index contributed by atoms with van der Waals surface area (Å²) in [5.41, 5.74) is 1.04. The Balaban J connectivity index is 1.89. The predicted octanol–water partition coefficient (Wildman–Crippen LogP) is 0.862. The van der Waals surface area contributed by atoms with Crippen molar-refractivity contribution >= 4 is 36.3 Å². The van der Waals surface area contributed by atoms with E-state index in [1.54, 1.807) is 27.8 Å². The van der Waals surface area contributed by atoms with Crippen LogP contribution in [0.4, 0.5) is 0 Å². The van der Waals surface area contributed by atoms with E-state index in [4.69, 9.17) is 5.11 Å². The number of hydrogen-bond donors (Lipinski definition) is 2. The molecule has 6 nitrogen and oxygen atoms in total. The van der Waals surface area contributed by atoms with Gasteiger partial charge >= 0.3 is 137 Å². The number of fused-ring (bicyclic) bond motifs is 1. The molecule has 116 valence electrons. The fraction of sp³-hybridized carbons (Fsp3) is 0.0625. The van der Waals surface area contributed by atoms with Gasteiger partial charge in [-0.3, -0.25) is 0 Å². The van der Waals surface area contributed by atoms with Gasteiger partial charge in [-0.1, -0.05) is 0 Å². The first kappa shape index (κ1) is 15.3. The van der Waals surface area contributed by atoms with Crippen molar-refractivity contribution in [3.05, 3.63) is 64.4 Å². The van der Waals surface area contributed by atoms with Crippen LogP contribution in [0.2, 0.25) is 0 Å². The van der Waals surface area contributed by atoms with Crippen molar-refractivity contribution in [2.75, 3.05) is 6.54 Å². The van der Waals surface area contributed by atoms with Gasteiger partial charge in [0.2, 0.25) is 0 Å². The molecule has 0 aliphatic heterocycles. The van der Waals surface area contributed by atoms with Crippen LogP contribution in [0.1, 0.15) is 10.4 Å². The number of carboxylic acid groups (broad SMARTS) is 1. The SMILES string of the molecule is O=C(O)CNC(=O)c1ccc(-n2[se]c3ccccc3c2=O)cc1. The van der Waals surface area contributed by atoms with Crippen molar-refractivity contribution in [1.29, 1.82) is 0 Å². The number of carbonyl (C=O) groups excluding carboxylic acids is 1. The second-order valence-electron chi connectivity index (χ2n) is 4.81. The van der Waals surface area contributed by atoms with Gasteiger partial charge in [-0.05, 0) is 0 Å². The molecule has 0 unspecified atom stereocenters. The summed E-state index contributed by atoms with van der Waals surface area (Å²) >= 11 is -0.124. The summed E-state index contributed by atoms with van der Waals surface area (Å²) in [6, 6.07) is 14.1. The van der Waals surface area contributed by atoms with E-state index in [1.807, 2.05) is 24.3 Å². The number of rotatable bonds is 4. The number of carboxylic acids is 1. The number of nitrogens with one attached hydrogen (secondary N) is 1. The fourth-order valence-electron chi connectivity index (χ4n) is 2.15. The average molecular weight is 375 g/mol. The number of amides is 1. The van der Waals surface area contributed by atoms with Crippen molar-refractivity contribution in [1.82, 2.24) is 8.88 Å². The molecular formula is C16H12N2O4Se. The molecule has 0 aliphatic rings. The van der Waals surface area contributed by atoms with Gasteiger partial charge in [-0.15, -0.1) is 0 Å². The van der Waals surface area contributed by atoms with Gasteiger partial charge < -0.3 is 0 Å². The van der Waals surface area contributed by atoms with E-state index in [9.17, 15) is 14.4 Å². The van der Waals surface area contributed by atoms with Crippen LogP contribution in [0.15, 0.2) is 53.3 Å². The first-order chi connectivity index (χ1) is 11.1. The topological polar surface area (TPSA) is 88.4 Å². The molecule has 0 fully saturated rings. The standard InChI is InChI=1S/C16H12N2O4Se/c19-14(20)9-17-15(21)10-5-7-11(8-6-10)18-16(22)12-3-1-2-4-13(12)23-18/h1-8H,9H2,(H,17,21)(H,19,20). The minimum atomic E-state index is -1.10. The molecule has 1 heterocycles. The van der Waals surface area contributed by atoms with Crippen molar-refractivity contribution < 1.29 is 14.7 Å². The van der Waals surface area contributed by atoms with Gasteiger partial charge in [0, 0.05) is 0 Å². The average Bonchev–Trinajstić information content (AvgIpc) is 2.90. The fourth-order valence-corrected chi connectivity index (χ4v) is 4.24. The zero-order chi connectivity index (χ0) is 16.4. The van der Waals surface area contributed by atoms with Crippen molar-refractivity contribution in [3.63, 3.8) is 0 Å². The second kappa shape index (κ2) is 6.24. The van der Waals surface area contributed by atoms with Crippen LogP contribution >= 0.6 is 0 Å². The van der Waals surface area contributed by atoms with Gasteiger partial charge in [0.05, 0.1) is 0 Å². The van der Waals surface area contributed by atoms with Gasteiger partial charge in [-0.2, -0.15) is 0 Å². The van der Waals surface area contributed by atoms with Crippen molar-refractivity contribution in [2.24, 2.45) is 0 Å². The Morgan fingerprint density at radius 2 is 1.78 bits per heavy atom. The maximum atomic E-state index is 12.4. The van der Waals surface area contributed by atoms with Crippen LogP contribution in [0.3, 0.4) is 0 Å². The summed E-state index contributed by atoms with van der Waals surface area (Å²) in [6.07, 6.45) is 0. The molecule has 2 N–H and O–H groups in total. The summed E-state index contributed by atoms with van der Waals surface area (Å²) in [7, 11) is 0. The van der Waals surface area contributed by atoms with Crippen LogP contribution in [-0.4, -0.2) is 41.8 Å². The van der Waals surface area contributed by atoms with Gasteiger partial charge in [-0.25, -0.2) is 0 Å². The zero-order valence-corrected chi connectivity index (χ0v) is 13.6. The third-order valence-corrected chi connectivity index (χ3v) is 5.59. The summed E-state index contributed by atoms with van der Waals surface area (Å²) < 4.78 is 2.74. The van der Waals surface area contributed by atoms with E-state index < -0.39 is 18.4 Å². The predicted molar refractivity (Wildman–Crippen MR) is 86.5 cm³/mol. The van der Waals surface area contributed by atoms with Crippen LogP contribution in [0.25, 0.3) is 15.3 Å². The number of aromatic nitrogens is 1. The Kier molecular flexibility index (Phi) is 4.14. The Morgan fingerprint density at radius 3 is 2.43 bits per heavy atom. The first-order valence-corrected chi connectivity index (χ1v) is 8.40. The molecule has 3 rings (SSSR count). The molecule has 0 radical (unpaired) electrons. The van der Waals surface area contributed by atoms with Crippen LogP contribution in [-0.2, 0) is 4.79 Å². The number of nitrogens with zero attached hydrogens (tertiary/aromatic N) is 1. The molecule has 2 aromatic carbocycles. The normalized spacial score (nSPS) is 10.6. The van der Waals surface area contributed by atoms with Gasteiger partial charge in [0.25, 0.3) is 0 Å². The molecule has 0 saturated carbocycles. The van der Waals surface area contributed by atoms with E-state index in [2.05, 4.69) is 5.32 Å². The number of aliphatic carboxylic acids is 1. The molecule has 0 atom stereocenters. The molecule has 0 spiro atoms. The number of benzene rings is 2. The quantitative estimate of drug-likeness (QED) is 0.663. The summed E-state index contributed by atoms with van der Waals surface area (Å²) in [6.45, 7) is -0.427. The van der Waals surface area contributed by atoms with Crippen LogP contribution in [0.5, 0.6) is 0 Å². The molecule has 3 aromatic rings. The first-order valence-electron chi connectivity index (χ1n) is 6.78. The second-order valence-corrected chi connectivity index (χ2v) is 6.88. The summed E-state index contributed by atoms with van der Waals surface area (Å²) in [5.74, 6) is -1.56. The molecule has 1 amide bonds. The Hall–Kier alpha value is -2.63. The zero-order valence-electron chi connectivity index (χ0n) is 11.9. The summed E-state index contributed by atoms with van der Waals surface area (Å²) in [5, 5.41) is 11.6. The molecule has 0 bridgehead atoms. The molecule has 1 aromatic heterocycles. The maximum absolute atomic E-state index is 12.4. The molecular weight excluding hydrogens is 363 g/mol. The van der Waals surface area contributed by atoms with E-state index >= 15 is 0 Å². The number of hydrogen-bond acceptors (Lipinski definition) is 3. The molecule has 0 saturated heterocycles. The Bertz CT molecular complexity index is 941. The molecule has 7 heteroatoms. The molecule has 23 heavy (non-hydrogen) atoms. The monoisotopic (exact) mass is 376 g/mol. The van der Waals surface area contributed by atoms with Crippen LogP contribution < -0.4 is 10.9 Å². The van der Waals surface area contributed by atoms with Gasteiger partial charge in [0.1, 0.15) is 0 Å². The van der Waals surface area contributed by atoms with Crippen molar-refractivity contribution in [3.8, 4) is 5.69 Å². The third-order valence-electron chi connectivity index (χ3n) is 3.26. The van der Waals surface area contributed by atoms with Crippen LogP contribution in [0, 0.1) is 0 Å². The van der Waals surface area contributed by atoms with Gasteiger partial charge in [0.15, 0.2) is 0 Å². The van der Waals surface area contributed by atoms with E-state index in [0.717, 1.165) is 15.3 Å². The summed E-state index contributed by atoms with van der Waals surface area (Å²) in [4.78, 5) is 34.6. The minimum absolute atomic E-state index is 0.0383. The van der Waals surface area contributed by atoms with E-state index in [-0.39, 0.29) is 20.3 Å².